The fourth-order valence-electron chi connectivity index (χ4n) is 3.07. The number of rotatable bonds is 5. The second-order valence-corrected chi connectivity index (χ2v) is 6.42. The fourth-order valence-corrected chi connectivity index (χ4v) is 3.07. The highest BCUT2D eigenvalue weighted by Crippen LogP contribution is 2.23. The molecule has 0 aromatic carbocycles. The average molecular weight is 283 g/mol. The van der Waals surface area contributed by atoms with Gasteiger partial charge in [-0.05, 0) is 38.6 Å². The molecule has 1 heterocycles. The first-order valence-electron chi connectivity index (χ1n) is 7.93. The molecule has 0 aromatic rings. The van der Waals surface area contributed by atoms with Crippen LogP contribution in [0.2, 0.25) is 0 Å². The molecule has 1 aliphatic carbocycles. The van der Waals surface area contributed by atoms with Gasteiger partial charge in [0.15, 0.2) is 0 Å². The van der Waals surface area contributed by atoms with E-state index in [4.69, 9.17) is 4.74 Å². The van der Waals surface area contributed by atoms with Gasteiger partial charge < -0.3 is 15.4 Å². The van der Waals surface area contributed by atoms with E-state index < -0.39 is 0 Å². The van der Waals surface area contributed by atoms with Crippen molar-refractivity contribution in [2.75, 3.05) is 39.8 Å². The number of amides is 1. The molecule has 5 heteroatoms. The molecule has 1 saturated carbocycles. The van der Waals surface area contributed by atoms with Gasteiger partial charge in [-0.2, -0.15) is 0 Å². The molecule has 1 saturated heterocycles. The lowest BCUT2D eigenvalue weighted by atomic mass is 9.87. The number of likely N-dealkylation sites (N-methyl/N-ethyl adjacent to an activating group) is 1. The Balaban J connectivity index is 1.63. The predicted molar refractivity (Wildman–Crippen MR) is 79.7 cm³/mol. The van der Waals surface area contributed by atoms with Crippen LogP contribution in [0, 0.1) is 5.92 Å². The van der Waals surface area contributed by atoms with Gasteiger partial charge in [0.05, 0.1) is 19.3 Å². The summed E-state index contributed by atoms with van der Waals surface area (Å²) in [6.45, 7) is 6.15. The molecule has 1 amide bonds. The monoisotopic (exact) mass is 283 g/mol. The van der Waals surface area contributed by atoms with Crippen LogP contribution < -0.4 is 10.6 Å². The molecule has 116 valence electrons. The molecule has 1 aliphatic heterocycles. The van der Waals surface area contributed by atoms with Crippen molar-refractivity contribution in [3.8, 4) is 0 Å². The van der Waals surface area contributed by atoms with Crippen LogP contribution in [0.3, 0.4) is 0 Å². The van der Waals surface area contributed by atoms with E-state index in [1.165, 1.54) is 12.8 Å². The molecule has 1 unspecified atom stereocenters. The Kier molecular flexibility index (Phi) is 6.26. The van der Waals surface area contributed by atoms with Crippen molar-refractivity contribution in [3.05, 3.63) is 0 Å². The minimum atomic E-state index is 0.149. The van der Waals surface area contributed by atoms with Crippen molar-refractivity contribution < 1.29 is 9.53 Å². The van der Waals surface area contributed by atoms with E-state index in [0.29, 0.717) is 12.6 Å². The third kappa shape index (κ3) is 5.38. The third-order valence-electron chi connectivity index (χ3n) is 4.31. The van der Waals surface area contributed by atoms with E-state index in [1.54, 1.807) is 0 Å². The van der Waals surface area contributed by atoms with Crippen LogP contribution in [0.5, 0.6) is 0 Å². The number of hydrogen-bond donors (Lipinski definition) is 2. The molecule has 5 nitrogen and oxygen atoms in total. The number of ether oxygens (including phenoxy) is 1. The van der Waals surface area contributed by atoms with Gasteiger partial charge in [0.25, 0.3) is 0 Å². The Morgan fingerprint density at radius 1 is 1.35 bits per heavy atom. The molecular formula is C15H29N3O2. The van der Waals surface area contributed by atoms with Crippen LogP contribution in [0.4, 0.5) is 0 Å². The maximum atomic E-state index is 12.0. The Bertz CT molecular complexity index is 297. The topological polar surface area (TPSA) is 53.6 Å². The lowest BCUT2D eigenvalue weighted by Gasteiger charge is -2.29. The number of carbonyl (C=O) groups is 1. The SMILES string of the molecule is CC1CCC(NC(=O)CN(C)CC2CNCCO2)CC1. The van der Waals surface area contributed by atoms with Gasteiger partial charge in [0.2, 0.25) is 5.91 Å². The normalized spacial score (nSPS) is 31.2. The number of hydrogen-bond acceptors (Lipinski definition) is 4. The molecule has 0 radical (unpaired) electrons. The summed E-state index contributed by atoms with van der Waals surface area (Å²) in [4.78, 5) is 14.1. The van der Waals surface area contributed by atoms with Crippen LogP contribution in [0.15, 0.2) is 0 Å². The molecule has 2 N–H and O–H groups in total. The highest BCUT2D eigenvalue weighted by atomic mass is 16.5. The number of nitrogens with one attached hydrogen (secondary N) is 2. The summed E-state index contributed by atoms with van der Waals surface area (Å²) in [6, 6.07) is 0.389. The number of morpholine rings is 1. The quantitative estimate of drug-likeness (QED) is 0.776. The zero-order chi connectivity index (χ0) is 14.4. The van der Waals surface area contributed by atoms with Crippen LogP contribution in [-0.2, 0) is 9.53 Å². The lowest BCUT2D eigenvalue weighted by Crippen LogP contribution is -2.47. The fraction of sp³-hybridized carbons (Fsp3) is 0.933. The molecule has 1 atom stereocenters. The number of nitrogens with zero attached hydrogens (tertiary/aromatic N) is 1. The van der Waals surface area contributed by atoms with E-state index in [0.717, 1.165) is 45.0 Å². The van der Waals surface area contributed by atoms with Crippen LogP contribution >= 0.6 is 0 Å². The first-order chi connectivity index (χ1) is 9.63. The van der Waals surface area contributed by atoms with Crippen LogP contribution in [-0.4, -0.2) is 62.8 Å². The summed E-state index contributed by atoms with van der Waals surface area (Å²) in [5.41, 5.74) is 0. The second kappa shape index (κ2) is 7.96. The smallest absolute Gasteiger partial charge is 0.234 e. The molecule has 2 fully saturated rings. The minimum absolute atomic E-state index is 0.149. The predicted octanol–water partition coefficient (Wildman–Crippen LogP) is 0.602. The van der Waals surface area contributed by atoms with Gasteiger partial charge in [-0.1, -0.05) is 6.92 Å². The Morgan fingerprint density at radius 2 is 2.10 bits per heavy atom. The lowest BCUT2D eigenvalue weighted by molar-refractivity contribution is -0.123. The molecule has 20 heavy (non-hydrogen) atoms. The average Bonchev–Trinajstić information content (AvgIpc) is 2.42. The van der Waals surface area contributed by atoms with Crippen molar-refractivity contribution in [2.24, 2.45) is 5.92 Å². The van der Waals surface area contributed by atoms with E-state index in [2.05, 4.69) is 22.5 Å². The third-order valence-corrected chi connectivity index (χ3v) is 4.31. The highest BCUT2D eigenvalue weighted by Gasteiger charge is 2.21. The van der Waals surface area contributed by atoms with E-state index in [-0.39, 0.29) is 12.0 Å². The maximum absolute atomic E-state index is 12.0. The van der Waals surface area contributed by atoms with Crippen LogP contribution in [0.25, 0.3) is 0 Å². The summed E-state index contributed by atoms with van der Waals surface area (Å²) in [7, 11) is 1.99. The summed E-state index contributed by atoms with van der Waals surface area (Å²) < 4.78 is 5.66. The van der Waals surface area contributed by atoms with E-state index in [1.807, 2.05) is 7.05 Å². The first-order valence-corrected chi connectivity index (χ1v) is 7.93. The summed E-state index contributed by atoms with van der Waals surface area (Å²) in [5.74, 6) is 0.970. The largest absolute Gasteiger partial charge is 0.374 e. The molecular weight excluding hydrogens is 254 g/mol. The summed E-state index contributed by atoms with van der Waals surface area (Å²) >= 11 is 0. The minimum Gasteiger partial charge on any atom is -0.374 e. The van der Waals surface area contributed by atoms with Crippen molar-refractivity contribution >= 4 is 5.91 Å². The van der Waals surface area contributed by atoms with Gasteiger partial charge in [-0.3, -0.25) is 9.69 Å². The van der Waals surface area contributed by atoms with Gasteiger partial charge in [0, 0.05) is 25.7 Å². The van der Waals surface area contributed by atoms with Gasteiger partial charge in [0.1, 0.15) is 0 Å². The standard InChI is InChI=1S/C15H29N3O2/c1-12-3-5-13(6-4-12)17-15(19)11-18(2)10-14-9-16-7-8-20-14/h12-14,16H,3-11H2,1-2H3,(H,17,19). The number of carbonyl (C=O) groups excluding carboxylic acids is 1. The van der Waals surface area contributed by atoms with Crippen LogP contribution in [0.1, 0.15) is 32.6 Å². The molecule has 2 rings (SSSR count). The van der Waals surface area contributed by atoms with Crippen molar-refractivity contribution in [1.29, 1.82) is 0 Å². The second-order valence-electron chi connectivity index (χ2n) is 6.42. The Morgan fingerprint density at radius 3 is 2.75 bits per heavy atom. The van der Waals surface area contributed by atoms with Gasteiger partial charge in [-0.15, -0.1) is 0 Å². The molecule has 0 spiro atoms. The Hall–Kier alpha value is -0.650. The summed E-state index contributed by atoms with van der Waals surface area (Å²) in [6.07, 6.45) is 4.95. The van der Waals surface area contributed by atoms with Gasteiger partial charge >= 0.3 is 0 Å². The molecule has 0 bridgehead atoms. The Labute approximate surface area is 122 Å². The van der Waals surface area contributed by atoms with Crippen molar-refractivity contribution in [1.82, 2.24) is 15.5 Å². The van der Waals surface area contributed by atoms with Crippen molar-refractivity contribution in [2.45, 2.75) is 44.8 Å². The molecule has 2 aliphatic rings. The van der Waals surface area contributed by atoms with E-state index in [9.17, 15) is 4.79 Å². The zero-order valence-corrected chi connectivity index (χ0v) is 12.9. The highest BCUT2D eigenvalue weighted by molar-refractivity contribution is 5.78. The van der Waals surface area contributed by atoms with Gasteiger partial charge in [-0.25, -0.2) is 0 Å². The first kappa shape index (κ1) is 15.7. The summed E-state index contributed by atoms with van der Waals surface area (Å²) in [5, 5.41) is 6.48. The van der Waals surface area contributed by atoms with E-state index >= 15 is 0 Å². The zero-order valence-electron chi connectivity index (χ0n) is 12.9. The molecule has 0 aromatic heterocycles. The maximum Gasteiger partial charge on any atom is 0.234 e. The van der Waals surface area contributed by atoms with Crippen molar-refractivity contribution in [3.63, 3.8) is 0 Å².